The highest BCUT2D eigenvalue weighted by Gasteiger charge is 2.08. The Morgan fingerprint density at radius 1 is 1.25 bits per heavy atom. The summed E-state index contributed by atoms with van der Waals surface area (Å²) in [5.74, 6) is 0.171. The molecule has 1 rings (SSSR count). The molecular weight excluding hydrogens is 269 g/mol. The van der Waals surface area contributed by atoms with Gasteiger partial charge in [0.2, 0.25) is 0 Å². The fourth-order valence-corrected chi connectivity index (χ4v) is 2.10. The summed E-state index contributed by atoms with van der Waals surface area (Å²) in [6.07, 6.45) is 1.17. The van der Waals surface area contributed by atoms with Crippen LogP contribution in [0, 0.1) is 0 Å². The van der Waals surface area contributed by atoms with Crippen LogP contribution in [0.5, 0.6) is 0 Å². The van der Waals surface area contributed by atoms with Gasteiger partial charge >= 0.3 is 0 Å². The van der Waals surface area contributed by atoms with Crippen molar-refractivity contribution in [1.29, 1.82) is 0 Å². The lowest BCUT2D eigenvalue weighted by molar-refractivity contribution is 0.599. The highest BCUT2D eigenvalue weighted by Crippen LogP contribution is 2.26. The van der Waals surface area contributed by atoms with Crippen LogP contribution >= 0.6 is 23.2 Å². The molecule has 0 amide bonds. The van der Waals surface area contributed by atoms with Crippen LogP contribution in [0.3, 0.4) is 0 Å². The molecule has 1 aromatic rings. The van der Waals surface area contributed by atoms with Crippen molar-refractivity contribution < 1.29 is 8.42 Å². The standard InChI is InChI=1S/C10H13Cl2NO2S/c11-8-4-3-7(6-9(8)12)10(13)2-1-5-16(14)15/h3-4,6,10,16H,1-2,5,13H2/t10-/m1/s1. The van der Waals surface area contributed by atoms with Crippen molar-refractivity contribution in [3.63, 3.8) is 0 Å². The van der Waals surface area contributed by atoms with Crippen molar-refractivity contribution in [3.8, 4) is 0 Å². The fourth-order valence-electron chi connectivity index (χ4n) is 1.35. The minimum absolute atomic E-state index is 0.171. The molecule has 90 valence electrons. The Morgan fingerprint density at radius 3 is 2.50 bits per heavy atom. The summed E-state index contributed by atoms with van der Waals surface area (Å²) < 4.78 is 20.7. The Hall–Kier alpha value is -0.290. The maximum absolute atomic E-state index is 10.4. The number of halogens is 2. The smallest absolute Gasteiger partial charge is 0.140 e. The predicted molar refractivity (Wildman–Crippen MR) is 67.8 cm³/mol. The zero-order valence-corrected chi connectivity index (χ0v) is 10.9. The molecule has 16 heavy (non-hydrogen) atoms. The molecule has 3 nitrogen and oxygen atoms in total. The number of thiol groups is 1. The summed E-state index contributed by atoms with van der Waals surface area (Å²) in [6, 6.07) is 5.00. The van der Waals surface area contributed by atoms with Crippen molar-refractivity contribution in [2.45, 2.75) is 18.9 Å². The molecule has 6 heteroatoms. The van der Waals surface area contributed by atoms with E-state index in [0.717, 1.165) is 5.56 Å². The average molecular weight is 282 g/mol. The largest absolute Gasteiger partial charge is 0.324 e. The van der Waals surface area contributed by atoms with Crippen LogP contribution in [0.2, 0.25) is 10.0 Å². The number of nitrogens with two attached hydrogens (primary N) is 1. The van der Waals surface area contributed by atoms with E-state index >= 15 is 0 Å². The second kappa shape index (κ2) is 6.45. The van der Waals surface area contributed by atoms with Crippen molar-refractivity contribution >= 4 is 33.9 Å². The molecule has 0 radical (unpaired) electrons. The fraction of sp³-hybridized carbons (Fsp3) is 0.400. The van der Waals surface area contributed by atoms with Crippen LogP contribution in [0.1, 0.15) is 24.4 Å². The zero-order chi connectivity index (χ0) is 12.1. The van der Waals surface area contributed by atoms with E-state index in [0.29, 0.717) is 22.9 Å². The summed E-state index contributed by atoms with van der Waals surface area (Å²) in [5, 5.41) is 0.949. The molecule has 0 aliphatic heterocycles. The third kappa shape index (κ3) is 4.29. The van der Waals surface area contributed by atoms with Crippen molar-refractivity contribution in [3.05, 3.63) is 33.8 Å². The van der Waals surface area contributed by atoms with Gasteiger partial charge in [0.1, 0.15) is 10.7 Å². The van der Waals surface area contributed by atoms with Gasteiger partial charge in [-0.15, -0.1) is 0 Å². The van der Waals surface area contributed by atoms with Crippen LogP contribution in [-0.2, 0) is 10.7 Å². The second-order valence-electron chi connectivity index (χ2n) is 3.48. The van der Waals surface area contributed by atoms with E-state index in [4.69, 9.17) is 28.9 Å². The van der Waals surface area contributed by atoms with Gasteiger partial charge in [-0.05, 0) is 30.5 Å². The van der Waals surface area contributed by atoms with Gasteiger partial charge in [0.05, 0.1) is 10.0 Å². The first-order chi connectivity index (χ1) is 7.50. The molecule has 1 atom stereocenters. The summed E-state index contributed by atoms with van der Waals surface area (Å²) in [7, 11) is -2.31. The van der Waals surface area contributed by atoms with Gasteiger partial charge in [-0.1, -0.05) is 29.3 Å². The molecule has 0 aliphatic rings. The van der Waals surface area contributed by atoms with Gasteiger partial charge in [0.25, 0.3) is 0 Å². The van der Waals surface area contributed by atoms with Crippen LogP contribution in [0.15, 0.2) is 18.2 Å². The average Bonchev–Trinajstić information content (AvgIpc) is 2.21. The van der Waals surface area contributed by atoms with Crippen LogP contribution < -0.4 is 5.73 Å². The summed E-state index contributed by atoms with van der Waals surface area (Å²) in [4.78, 5) is 0. The predicted octanol–water partition coefficient (Wildman–Crippen LogP) is 2.38. The molecule has 0 spiro atoms. The number of hydrogen-bond acceptors (Lipinski definition) is 3. The van der Waals surface area contributed by atoms with E-state index in [2.05, 4.69) is 0 Å². The van der Waals surface area contributed by atoms with Crippen molar-refractivity contribution in [2.75, 3.05) is 5.75 Å². The molecule has 2 N–H and O–H groups in total. The summed E-state index contributed by atoms with van der Waals surface area (Å²) in [5.41, 5.74) is 6.77. The summed E-state index contributed by atoms with van der Waals surface area (Å²) in [6.45, 7) is 0. The number of rotatable bonds is 5. The monoisotopic (exact) mass is 281 g/mol. The van der Waals surface area contributed by atoms with Crippen molar-refractivity contribution in [1.82, 2.24) is 0 Å². The molecule has 0 aromatic heterocycles. The molecule has 0 saturated carbocycles. The second-order valence-corrected chi connectivity index (χ2v) is 5.41. The third-order valence-corrected chi connectivity index (χ3v) is 3.65. The maximum Gasteiger partial charge on any atom is 0.140 e. The van der Waals surface area contributed by atoms with E-state index in [1.54, 1.807) is 18.2 Å². The minimum Gasteiger partial charge on any atom is -0.324 e. The molecule has 0 unspecified atom stereocenters. The Kier molecular flexibility index (Phi) is 5.55. The molecule has 0 saturated heterocycles. The number of hydrogen-bond donors (Lipinski definition) is 2. The Balaban J connectivity index is 2.58. The Bertz CT molecular complexity index is 427. The molecule has 1 aromatic carbocycles. The quantitative estimate of drug-likeness (QED) is 0.815. The Labute approximate surface area is 106 Å². The maximum atomic E-state index is 10.4. The lowest BCUT2D eigenvalue weighted by Gasteiger charge is -2.11. The van der Waals surface area contributed by atoms with Gasteiger partial charge in [-0.3, -0.25) is 0 Å². The zero-order valence-electron chi connectivity index (χ0n) is 8.53. The third-order valence-electron chi connectivity index (χ3n) is 2.23. The lowest BCUT2D eigenvalue weighted by atomic mass is 10.0. The van der Waals surface area contributed by atoms with Crippen LogP contribution in [0.4, 0.5) is 0 Å². The first kappa shape index (κ1) is 13.8. The first-order valence-corrected chi connectivity index (χ1v) is 6.95. The van der Waals surface area contributed by atoms with E-state index in [1.807, 2.05) is 0 Å². The SMILES string of the molecule is N[C@H](CCC[SH](=O)=O)c1ccc(Cl)c(Cl)c1. The van der Waals surface area contributed by atoms with E-state index in [-0.39, 0.29) is 11.8 Å². The summed E-state index contributed by atoms with van der Waals surface area (Å²) >= 11 is 11.6. The van der Waals surface area contributed by atoms with Gasteiger partial charge in [-0.2, -0.15) is 0 Å². The van der Waals surface area contributed by atoms with Crippen molar-refractivity contribution in [2.24, 2.45) is 5.73 Å². The van der Waals surface area contributed by atoms with E-state index in [1.165, 1.54) is 0 Å². The minimum atomic E-state index is -2.31. The van der Waals surface area contributed by atoms with Crippen LogP contribution in [0.25, 0.3) is 0 Å². The first-order valence-electron chi connectivity index (χ1n) is 4.83. The normalized spacial score (nSPS) is 13.0. The number of benzene rings is 1. The highest BCUT2D eigenvalue weighted by atomic mass is 35.5. The van der Waals surface area contributed by atoms with Gasteiger partial charge in [0.15, 0.2) is 0 Å². The van der Waals surface area contributed by atoms with E-state index < -0.39 is 10.7 Å². The van der Waals surface area contributed by atoms with Gasteiger partial charge in [0, 0.05) is 11.8 Å². The Morgan fingerprint density at radius 2 is 1.94 bits per heavy atom. The van der Waals surface area contributed by atoms with Crippen LogP contribution in [-0.4, -0.2) is 14.2 Å². The van der Waals surface area contributed by atoms with Gasteiger partial charge < -0.3 is 5.73 Å². The molecular formula is C10H13Cl2NO2S. The molecule has 0 fully saturated rings. The molecule has 0 aliphatic carbocycles. The lowest BCUT2D eigenvalue weighted by Crippen LogP contribution is -2.11. The highest BCUT2D eigenvalue weighted by molar-refractivity contribution is 7.72. The molecule has 0 bridgehead atoms. The van der Waals surface area contributed by atoms with Gasteiger partial charge in [-0.25, -0.2) is 8.42 Å². The topological polar surface area (TPSA) is 60.2 Å². The van der Waals surface area contributed by atoms with E-state index in [9.17, 15) is 8.42 Å². The molecule has 0 heterocycles.